The number of morpholine rings is 1. The molecule has 2 aliphatic heterocycles. The molecule has 5 rings (SSSR count). The van der Waals surface area contributed by atoms with E-state index < -0.39 is 0 Å². The van der Waals surface area contributed by atoms with Crippen molar-refractivity contribution < 1.29 is 14.6 Å². The van der Waals surface area contributed by atoms with Crippen molar-refractivity contribution in [3.05, 3.63) is 27.1 Å². The fraction of sp³-hybridized carbons (Fsp3) is 0.650. The molecule has 4 atom stereocenters. The van der Waals surface area contributed by atoms with E-state index in [-0.39, 0.29) is 23.6 Å². The zero-order chi connectivity index (χ0) is 20.1. The van der Waals surface area contributed by atoms with Crippen LogP contribution in [0.4, 0.5) is 0 Å². The average molecular weight is 419 g/mol. The van der Waals surface area contributed by atoms with Crippen molar-refractivity contribution in [2.24, 2.45) is 11.8 Å². The van der Waals surface area contributed by atoms with E-state index in [0.717, 1.165) is 39.1 Å². The van der Waals surface area contributed by atoms with Crippen molar-refractivity contribution in [2.45, 2.75) is 31.9 Å². The molecule has 4 heterocycles. The minimum Gasteiger partial charge on any atom is -0.391 e. The summed E-state index contributed by atoms with van der Waals surface area (Å²) in [5.41, 5.74) is 0.514. The molecule has 0 unspecified atom stereocenters. The molecule has 2 aromatic heterocycles. The highest BCUT2D eigenvalue weighted by Gasteiger charge is 2.45. The van der Waals surface area contributed by atoms with Crippen LogP contribution in [0, 0.1) is 18.8 Å². The third kappa shape index (κ3) is 3.30. The molecule has 0 bridgehead atoms. The summed E-state index contributed by atoms with van der Waals surface area (Å²) in [7, 11) is 0. The Bertz CT molecular complexity index is 983. The van der Waals surface area contributed by atoms with Gasteiger partial charge in [-0.1, -0.05) is 0 Å². The van der Waals surface area contributed by atoms with Gasteiger partial charge in [-0.3, -0.25) is 14.5 Å². The second-order valence-corrected chi connectivity index (χ2v) is 9.45. The van der Waals surface area contributed by atoms with Gasteiger partial charge in [-0.2, -0.15) is 0 Å². The van der Waals surface area contributed by atoms with Gasteiger partial charge in [0.1, 0.15) is 4.83 Å². The predicted molar refractivity (Wildman–Crippen MR) is 109 cm³/mol. The van der Waals surface area contributed by atoms with E-state index in [0.29, 0.717) is 45.6 Å². The molecule has 0 spiro atoms. The third-order valence-electron chi connectivity index (χ3n) is 6.84. The number of aromatic amines is 1. The first-order chi connectivity index (χ1) is 14.0. The number of aromatic nitrogens is 2. The van der Waals surface area contributed by atoms with Crippen LogP contribution >= 0.6 is 11.3 Å². The van der Waals surface area contributed by atoms with Gasteiger partial charge in [-0.05, 0) is 37.2 Å². The van der Waals surface area contributed by atoms with Gasteiger partial charge in [-0.15, -0.1) is 11.3 Å². The molecule has 2 N–H and O–H groups in total. The standard InChI is InChI=1S/C20H26N4O4S/c1-11-16-18(26)21-10-22-19(16)29-17(11)20(27)24-8-12-6-14(15(25)7-13(12)9-24)23-2-4-28-5-3-23/h10,12-15,25H,2-9H2,1H3,(H,21,22,26)/t12-,13+,14-,15-/m1/s1. The molecule has 0 aromatic carbocycles. The van der Waals surface area contributed by atoms with Crippen LogP contribution in [0.25, 0.3) is 10.2 Å². The number of aliphatic hydroxyl groups excluding tert-OH is 1. The number of aryl methyl sites for hydroxylation is 1. The van der Waals surface area contributed by atoms with Crippen molar-refractivity contribution >= 4 is 27.5 Å². The first kappa shape index (κ1) is 19.2. The van der Waals surface area contributed by atoms with E-state index in [1.807, 2.05) is 11.8 Å². The Kier molecular flexibility index (Phi) is 4.93. The molecule has 8 nitrogen and oxygen atoms in total. The van der Waals surface area contributed by atoms with E-state index in [1.54, 1.807) is 0 Å². The van der Waals surface area contributed by atoms with Crippen LogP contribution in [0.15, 0.2) is 11.1 Å². The van der Waals surface area contributed by atoms with E-state index in [2.05, 4.69) is 14.9 Å². The van der Waals surface area contributed by atoms with Crippen LogP contribution in [-0.4, -0.2) is 82.3 Å². The Labute approximate surface area is 172 Å². The number of hydrogen-bond acceptors (Lipinski definition) is 7. The predicted octanol–water partition coefficient (Wildman–Crippen LogP) is 0.837. The number of likely N-dealkylation sites (tertiary alicyclic amines) is 1. The lowest BCUT2D eigenvalue weighted by molar-refractivity contribution is -0.0520. The average Bonchev–Trinajstić information content (AvgIpc) is 3.29. The summed E-state index contributed by atoms with van der Waals surface area (Å²) < 4.78 is 5.45. The van der Waals surface area contributed by atoms with E-state index in [1.165, 1.54) is 17.7 Å². The summed E-state index contributed by atoms with van der Waals surface area (Å²) >= 11 is 1.30. The Morgan fingerprint density at radius 2 is 2.00 bits per heavy atom. The summed E-state index contributed by atoms with van der Waals surface area (Å²) in [6.45, 7) is 6.39. The number of amides is 1. The smallest absolute Gasteiger partial charge is 0.264 e. The van der Waals surface area contributed by atoms with Gasteiger partial charge >= 0.3 is 0 Å². The molecule has 9 heteroatoms. The summed E-state index contributed by atoms with van der Waals surface area (Å²) in [6, 6.07) is 0.157. The van der Waals surface area contributed by atoms with Crippen molar-refractivity contribution in [1.82, 2.24) is 19.8 Å². The molecule has 3 aliphatic rings. The normalized spacial score (nSPS) is 30.6. The topological polar surface area (TPSA) is 98.8 Å². The van der Waals surface area contributed by atoms with Crippen molar-refractivity contribution in [3.8, 4) is 0 Å². The lowest BCUT2D eigenvalue weighted by atomic mass is 9.77. The number of fused-ring (bicyclic) bond motifs is 2. The Morgan fingerprint density at radius 1 is 1.28 bits per heavy atom. The van der Waals surface area contributed by atoms with Crippen LogP contribution in [0.5, 0.6) is 0 Å². The molecule has 0 radical (unpaired) electrons. The van der Waals surface area contributed by atoms with Crippen LogP contribution in [0.2, 0.25) is 0 Å². The van der Waals surface area contributed by atoms with Crippen LogP contribution in [0.3, 0.4) is 0 Å². The van der Waals surface area contributed by atoms with Crippen molar-refractivity contribution in [2.75, 3.05) is 39.4 Å². The van der Waals surface area contributed by atoms with Crippen LogP contribution in [0.1, 0.15) is 28.1 Å². The highest BCUT2D eigenvalue weighted by atomic mass is 32.1. The van der Waals surface area contributed by atoms with E-state index in [4.69, 9.17) is 4.74 Å². The summed E-state index contributed by atoms with van der Waals surface area (Å²) in [6.07, 6.45) is 2.69. The molecule has 2 aromatic rings. The summed E-state index contributed by atoms with van der Waals surface area (Å²) in [5, 5.41) is 11.3. The molecule has 1 aliphatic carbocycles. The molecule has 3 fully saturated rings. The number of nitrogens with one attached hydrogen (secondary N) is 1. The number of ether oxygens (including phenoxy) is 1. The Balaban J connectivity index is 1.34. The number of rotatable bonds is 2. The minimum absolute atomic E-state index is 0.0169. The molecule has 156 valence electrons. The fourth-order valence-corrected chi connectivity index (χ4v) is 6.42. The van der Waals surface area contributed by atoms with E-state index in [9.17, 15) is 14.7 Å². The fourth-order valence-electron chi connectivity index (χ4n) is 5.30. The second-order valence-electron chi connectivity index (χ2n) is 8.45. The maximum Gasteiger partial charge on any atom is 0.264 e. The number of thiophene rings is 1. The Hall–Kier alpha value is -1.81. The number of hydrogen-bond donors (Lipinski definition) is 2. The first-order valence-electron chi connectivity index (χ1n) is 10.3. The van der Waals surface area contributed by atoms with Gasteiger partial charge in [0.05, 0.1) is 35.9 Å². The quantitative estimate of drug-likeness (QED) is 0.750. The Morgan fingerprint density at radius 3 is 2.72 bits per heavy atom. The molecular weight excluding hydrogens is 392 g/mol. The van der Waals surface area contributed by atoms with Gasteiger partial charge in [-0.25, -0.2) is 4.98 Å². The molecule has 1 saturated carbocycles. The highest BCUT2D eigenvalue weighted by Crippen LogP contribution is 2.40. The molecular formula is C20H26N4O4S. The monoisotopic (exact) mass is 418 g/mol. The maximum absolute atomic E-state index is 13.3. The number of nitrogens with zero attached hydrogens (tertiary/aromatic N) is 3. The zero-order valence-electron chi connectivity index (χ0n) is 16.5. The van der Waals surface area contributed by atoms with Crippen LogP contribution in [-0.2, 0) is 4.74 Å². The number of aliphatic hydroxyl groups is 1. The zero-order valence-corrected chi connectivity index (χ0v) is 17.3. The minimum atomic E-state index is -0.349. The molecule has 29 heavy (non-hydrogen) atoms. The third-order valence-corrected chi connectivity index (χ3v) is 8.03. The second kappa shape index (κ2) is 7.46. The lowest BCUT2D eigenvalue weighted by Crippen LogP contribution is -2.53. The first-order valence-corrected chi connectivity index (χ1v) is 11.1. The summed E-state index contributed by atoms with van der Waals surface area (Å²) in [4.78, 5) is 37.7. The van der Waals surface area contributed by atoms with Crippen molar-refractivity contribution in [3.63, 3.8) is 0 Å². The van der Waals surface area contributed by atoms with Gasteiger partial charge in [0, 0.05) is 32.2 Å². The van der Waals surface area contributed by atoms with Crippen molar-refractivity contribution in [1.29, 1.82) is 0 Å². The number of H-pyrrole nitrogens is 1. The number of carbonyl (C=O) groups excluding carboxylic acids is 1. The molecule has 2 saturated heterocycles. The van der Waals surface area contributed by atoms with Gasteiger partial charge < -0.3 is 19.7 Å². The maximum atomic E-state index is 13.3. The molecule has 1 amide bonds. The largest absolute Gasteiger partial charge is 0.391 e. The SMILES string of the molecule is Cc1c(C(=O)N2C[C@H]3C[C@@H](N4CCOCC4)[C@H](O)C[C@H]3C2)sc2nc[nH]c(=O)c12. The highest BCUT2D eigenvalue weighted by molar-refractivity contribution is 7.20. The summed E-state index contributed by atoms with van der Waals surface area (Å²) in [5.74, 6) is 0.727. The van der Waals surface area contributed by atoms with Gasteiger partial charge in [0.25, 0.3) is 11.5 Å². The van der Waals surface area contributed by atoms with E-state index >= 15 is 0 Å². The van der Waals surface area contributed by atoms with Gasteiger partial charge in [0.2, 0.25) is 0 Å². The van der Waals surface area contributed by atoms with Crippen LogP contribution < -0.4 is 5.56 Å². The number of carbonyl (C=O) groups is 1. The van der Waals surface area contributed by atoms with Gasteiger partial charge in [0.15, 0.2) is 0 Å². The lowest BCUT2D eigenvalue weighted by Gasteiger charge is -2.43.